The molecule has 2 aromatic rings. The van der Waals surface area contributed by atoms with Gasteiger partial charge in [0.2, 0.25) is 0 Å². The molecule has 2 rings (SSSR count). The number of hydrogen-bond donors (Lipinski definition) is 0. The van der Waals surface area contributed by atoms with Crippen molar-refractivity contribution >= 4 is 11.7 Å². The molecule has 0 N–H and O–H groups in total. The van der Waals surface area contributed by atoms with E-state index >= 15 is 0 Å². The first kappa shape index (κ1) is 16.5. The van der Waals surface area contributed by atoms with Crippen molar-refractivity contribution < 1.29 is 19.2 Å². The van der Waals surface area contributed by atoms with Crippen LogP contribution in [0, 0.1) is 30.9 Å². The molecule has 0 aliphatic carbocycles. The summed E-state index contributed by atoms with van der Waals surface area (Å²) in [5, 5.41) is 10.7. The Morgan fingerprint density at radius 1 is 1.00 bits per heavy atom. The van der Waals surface area contributed by atoms with Crippen LogP contribution in [0.15, 0.2) is 36.4 Å². The van der Waals surface area contributed by atoms with Gasteiger partial charge in [-0.2, -0.15) is 0 Å². The summed E-state index contributed by atoms with van der Waals surface area (Å²) in [6.07, 6.45) is 0. The molecule has 0 saturated heterocycles. The fraction of sp³-hybridized carbons (Fsp3) is 0.235. The SMILES string of the molecule is Cc1ccc(OC(=O)COc2ccc([N+](=O)[O-])c(C)c2)cc1C. The van der Waals surface area contributed by atoms with Crippen LogP contribution >= 0.6 is 0 Å². The van der Waals surface area contributed by atoms with Crippen LogP contribution < -0.4 is 9.47 Å². The van der Waals surface area contributed by atoms with E-state index in [2.05, 4.69) is 0 Å². The summed E-state index contributed by atoms with van der Waals surface area (Å²) in [6, 6.07) is 9.69. The average molecular weight is 315 g/mol. The van der Waals surface area contributed by atoms with Crippen molar-refractivity contribution in [2.45, 2.75) is 20.8 Å². The topological polar surface area (TPSA) is 78.7 Å². The molecule has 0 bridgehead atoms. The number of aryl methyl sites for hydroxylation is 3. The number of benzene rings is 2. The Kier molecular flexibility index (Phi) is 4.95. The van der Waals surface area contributed by atoms with Gasteiger partial charge < -0.3 is 9.47 Å². The largest absolute Gasteiger partial charge is 0.482 e. The number of nitrogens with zero attached hydrogens (tertiary/aromatic N) is 1. The molecule has 0 aromatic heterocycles. The van der Waals surface area contributed by atoms with Crippen LogP contribution in [0.1, 0.15) is 16.7 Å². The van der Waals surface area contributed by atoms with E-state index in [1.165, 1.54) is 18.2 Å². The van der Waals surface area contributed by atoms with E-state index in [0.29, 0.717) is 17.1 Å². The molecule has 6 nitrogen and oxygen atoms in total. The summed E-state index contributed by atoms with van der Waals surface area (Å²) in [4.78, 5) is 22.1. The summed E-state index contributed by atoms with van der Waals surface area (Å²) in [5.74, 6) is 0.302. The van der Waals surface area contributed by atoms with Crippen LogP contribution in [0.25, 0.3) is 0 Å². The number of rotatable bonds is 5. The number of esters is 1. The molecule has 2 aromatic carbocycles. The molecule has 0 spiro atoms. The van der Waals surface area contributed by atoms with Crippen LogP contribution in [-0.2, 0) is 4.79 Å². The maximum Gasteiger partial charge on any atom is 0.349 e. The Morgan fingerprint density at radius 3 is 2.26 bits per heavy atom. The van der Waals surface area contributed by atoms with E-state index in [1.54, 1.807) is 19.1 Å². The van der Waals surface area contributed by atoms with Crippen molar-refractivity contribution in [3.63, 3.8) is 0 Å². The third-order valence-electron chi connectivity index (χ3n) is 3.43. The standard InChI is InChI=1S/C17H17NO5/c1-11-4-5-15(8-12(11)2)23-17(19)10-22-14-6-7-16(18(20)21)13(3)9-14/h4-9H,10H2,1-3H3. The Hall–Kier alpha value is -2.89. The van der Waals surface area contributed by atoms with E-state index in [-0.39, 0.29) is 12.3 Å². The van der Waals surface area contributed by atoms with E-state index < -0.39 is 10.9 Å². The van der Waals surface area contributed by atoms with E-state index in [4.69, 9.17) is 9.47 Å². The molecule has 6 heteroatoms. The highest BCUT2D eigenvalue weighted by molar-refractivity contribution is 5.74. The van der Waals surface area contributed by atoms with Crippen molar-refractivity contribution in [1.82, 2.24) is 0 Å². The van der Waals surface area contributed by atoms with Gasteiger partial charge >= 0.3 is 5.97 Å². The van der Waals surface area contributed by atoms with Crippen LogP contribution in [0.3, 0.4) is 0 Å². The number of hydrogen-bond acceptors (Lipinski definition) is 5. The second-order valence-corrected chi connectivity index (χ2v) is 5.21. The number of carbonyl (C=O) groups excluding carboxylic acids is 1. The van der Waals surface area contributed by atoms with Crippen molar-refractivity contribution in [3.05, 3.63) is 63.2 Å². The van der Waals surface area contributed by atoms with E-state index in [0.717, 1.165) is 11.1 Å². The lowest BCUT2D eigenvalue weighted by molar-refractivity contribution is -0.385. The zero-order valence-electron chi connectivity index (χ0n) is 13.2. The van der Waals surface area contributed by atoms with Crippen LogP contribution in [0.5, 0.6) is 11.5 Å². The first-order valence-electron chi connectivity index (χ1n) is 7.02. The molecule has 0 heterocycles. The second-order valence-electron chi connectivity index (χ2n) is 5.21. The molecule has 0 aliphatic heterocycles. The molecule has 0 amide bonds. The highest BCUT2D eigenvalue weighted by Gasteiger charge is 2.12. The van der Waals surface area contributed by atoms with Gasteiger partial charge in [0.25, 0.3) is 5.69 Å². The molecule has 120 valence electrons. The van der Waals surface area contributed by atoms with Gasteiger partial charge in [-0.15, -0.1) is 0 Å². The monoisotopic (exact) mass is 315 g/mol. The van der Waals surface area contributed by atoms with Gasteiger partial charge in [0, 0.05) is 11.6 Å². The Morgan fingerprint density at radius 2 is 1.65 bits per heavy atom. The van der Waals surface area contributed by atoms with E-state index in [1.807, 2.05) is 19.9 Å². The number of nitro benzene ring substituents is 1. The minimum Gasteiger partial charge on any atom is -0.482 e. The Bertz CT molecular complexity index is 755. The Balaban J connectivity index is 1.95. The minimum atomic E-state index is -0.538. The number of nitro groups is 1. The van der Waals surface area contributed by atoms with Crippen LogP contribution in [0.4, 0.5) is 5.69 Å². The molecule has 0 fully saturated rings. The van der Waals surface area contributed by atoms with Crippen molar-refractivity contribution in [2.75, 3.05) is 6.61 Å². The maximum absolute atomic E-state index is 11.8. The third kappa shape index (κ3) is 4.29. The molecule has 0 atom stereocenters. The zero-order valence-corrected chi connectivity index (χ0v) is 13.2. The molecular formula is C17H17NO5. The zero-order chi connectivity index (χ0) is 17.0. The van der Waals surface area contributed by atoms with Gasteiger partial charge in [0.05, 0.1) is 4.92 Å². The normalized spacial score (nSPS) is 10.2. The van der Waals surface area contributed by atoms with Crippen LogP contribution in [-0.4, -0.2) is 17.5 Å². The lowest BCUT2D eigenvalue weighted by Gasteiger charge is -2.08. The van der Waals surface area contributed by atoms with Gasteiger partial charge in [-0.3, -0.25) is 10.1 Å². The third-order valence-corrected chi connectivity index (χ3v) is 3.43. The number of ether oxygens (including phenoxy) is 2. The van der Waals surface area contributed by atoms with Crippen molar-refractivity contribution in [1.29, 1.82) is 0 Å². The summed E-state index contributed by atoms with van der Waals surface area (Å²) in [7, 11) is 0. The predicted molar refractivity (Wildman–Crippen MR) is 84.9 cm³/mol. The molecule has 0 radical (unpaired) electrons. The minimum absolute atomic E-state index is 0.00931. The first-order valence-corrected chi connectivity index (χ1v) is 7.02. The fourth-order valence-electron chi connectivity index (χ4n) is 2.00. The average Bonchev–Trinajstić information content (AvgIpc) is 2.48. The summed E-state index contributed by atoms with van der Waals surface area (Å²) in [5.41, 5.74) is 2.62. The lowest BCUT2D eigenvalue weighted by Crippen LogP contribution is -2.17. The Labute approximate surface area is 133 Å². The molecule has 0 saturated carbocycles. The first-order chi connectivity index (χ1) is 10.9. The molecule has 23 heavy (non-hydrogen) atoms. The van der Waals surface area contributed by atoms with Crippen LogP contribution in [0.2, 0.25) is 0 Å². The summed E-state index contributed by atoms with van der Waals surface area (Å²) in [6.45, 7) is 5.24. The van der Waals surface area contributed by atoms with Gasteiger partial charge in [0.15, 0.2) is 6.61 Å². The van der Waals surface area contributed by atoms with Crippen molar-refractivity contribution in [2.24, 2.45) is 0 Å². The van der Waals surface area contributed by atoms with Gasteiger partial charge in [-0.25, -0.2) is 4.79 Å². The molecular weight excluding hydrogens is 298 g/mol. The van der Waals surface area contributed by atoms with Gasteiger partial charge in [-0.05, 0) is 56.2 Å². The molecule has 0 aliphatic rings. The fourth-order valence-corrected chi connectivity index (χ4v) is 2.00. The lowest BCUT2D eigenvalue weighted by atomic mass is 10.1. The second kappa shape index (κ2) is 6.91. The van der Waals surface area contributed by atoms with E-state index in [9.17, 15) is 14.9 Å². The predicted octanol–water partition coefficient (Wildman–Crippen LogP) is 3.50. The smallest absolute Gasteiger partial charge is 0.349 e. The summed E-state index contributed by atoms with van der Waals surface area (Å²) >= 11 is 0. The highest BCUT2D eigenvalue weighted by atomic mass is 16.6. The maximum atomic E-state index is 11.8. The van der Waals surface area contributed by atoms with Gasteiger partial charge in [-0.1, -0.05) is 6.07 Å². The quantitative estimate of drug-likeness (QED) is 0.365. The summed E-state index contributed by atoms with van der Waals surface area (Å²) < 4.78 is 10.5. The van der Waals surface area contributed by atoms with Gasteiger partial charge in [0.1, 0.15) is 11.5 Å². The number of carbonyl (C=O) groups is 1. The highest BCUT2D eigenvalue weighted by Crippen LogP contribution is 2.23. The van der Waals surface area contributed by atoms with Crippen molar-refractivity contribution in [3.8, 4) is 11.5 Å². The molecule has 0 unspecified atom stereocenters.